The predicted octanol–water partition coefficient (Wildman–Crippen LogP) is 4.29. The minimum Gasteiger partial charge on any atom is -0.290 e. The van der Waals surface area contributed by atoms with Gasteiger partial charge in [0.25, 0.3) is 0 Å². The number of piperazine rings is 1. The number of hydrogen-bond donors (Lipinski definition) is 1. The van der Waals surface area contributed by atoms with Crippen LogP contribution in [0.1, 0.15) is 17.2 Å². The summed E-state index contributed by atoms with van der Waals surface area (Å²) in [6.45, 7) is 3.26. The highest BCUT2D eigenvalue weighted by atomic mass is 19.1. The molecule has 5 rings (SSSR count). The number of H-pyrrole nitrogens is 1. The van der Waals surface area contributed by atoms with Crippen molar-refractivity contribution in [3.63, 3.8) is 0 Å². The molecule has 1 radical (unpaired) electrons. The molecule has 5 nitrogen and oxygen atoms in total. The van der Waals surface area contributed by atoms with Crippen molar-refractivity contribution in [2.45, 2.75) is 6.04 Å². The molecule has 155 valence electrons. The van der Waals surface area contributed by atoms with Gasteiger partial charge in [-0.3, -0.25) is 15.0 Å². The number of aromatic nitrogens is 3. The Morgan fingerprint density at radius 3 is 2.39 bits per heavy atom. The van der Waals surface area contributed by atoms with Crippen molar-refractivity contribution in [1.82, 2.24) is 25.4 Å². The Hall–Kier alpha value is -3.35. The second-order valence-electron chi connectivity index (χ2n) is 7.63. The molecule has 1 aliphatic heterocycles. The van der Waals surface area contributed by atoms with E-state index in [9.17, 15) is 4.39 Å². The van der Waals surface area contributed by atoms with Gasteiger partial charge in [-0.05, 0) is 23.8 Å². The fourth-order valence-electron chi connectivity index (χ4n) is 4.20. The van der Waals surface area contributed by atoms with Crippen molar-refractivity contribution >= 4 is 0 Å². The second-order valence-corrected chi connectivity index (χ2v) is 7.63. The number of hydrogen-bond acceptors (Lipinski definition) is 3. The smallest absolute Gasteiger partial charge is 0.132 e. The first kappa shape index (κ1) is 19.6. The Labute approximate surface area is 181 Å². The summed E-state index contributed by atoms with van der Waals surface area (Å²) < 4.78 is 14.6. The molecule has 1 atom stereocenters. The van der Waals surface area contributed by atoms with E-state index in [2.05, 4.69) is 44.7 Å². The molecule has 1 unspecified atom stereocenters. The van der Waals surface area contributed by atoms with Gasteiger partial charge in [0.2, 0.25) is 0 Å². The number of aromatic amines is 1. The van der Waals surface area contributed by atoms with Crippen LogP contribution in [0.2, 0.25) is 0 Å². The first-order valence-electron chi connectivity index (χ1n) is 10.5. The molecule has 31 heavy (non-hydrogen) atoms. The van der Waals surface area contributed by atoms with Crippen LogP contribution in [-0.4, -0.2) is 46.3 Å². The molecule has 0 bridgehead atoms. The summed E-state index contributed by atoms with van der Waals surface area (Å²) in [5, 5.41) is 11.8. The third kappa shape index (κ3) is 4.00. The Balaban J connectivity index is 1.57. The molecule has 1 N–H and O–H groups in total. The molecule has 1 aliphatic rings. The molecule has 2 aromatic carbocycles. The van der Waals surface area contributed by atoms with E-state index >= 15 is 0 Å². The monoisotopic (exact) mass is 412 g/mol. The van der Waals surface area contributed by atoms with E-state index in [4.69, 9.17) is 4.98 Å². The predicted molar refractivity (Wildman–Crippen MR) is 119 cm³/mol. The van der Waals surface area contributed by atoms with E-state index in [1.165, 1.54) is 6.07 Å². The maximum atomic E-state index is 14.6. The van der Waals surface area contributed by atoms with E-state index in [0.717, 1.165) is 48.6 Å². The van der Waals surface area contributed by atoms with Crippen LogP contribution in [0.3, 0.4) is 0 Å². The molecule has 2 aromatic heterocycles. The zero-order valence-corrected chi connectivity index (χ0v) is 17.1. The molecular weight excluding hydrogens is 389 g/mol. The maximum Gasteiger partial charge on any atom is 0.132 e. The van der Waals surface area contributed by atoms with Crippen molar-refractivity contribution < 1.29 is 4.39 Å². The van der Waals surface area contributed by atoms with E-state index in [0.29, 0.717) is 11.3 Å². The lowest BCUT2D eigenvalue weighted by Gasteiger charge is -2.34. The highest BCUT2D eigenvalue weighted by molar-refractivity contribution is 5.65. The Kier molecular flexibility index (Phi) is 5.56. The van der Waals surface area contributed by atoms with Crippen molar-refractivity contribution in [2.75, 3.05) is 26.2 Å². The average molecular weight is 412 g/mol. The summed E-state index contributed by atoms with van der Waals surface area (Å²) in [6.07, 6.45) is 3.74. The SMILES string of the molecule is Fc1ccccc1-c1[nH]ncc1C(c1ccc(-c2ccccc2)nc1)N1CC[N]CC1. The van der Waals surface area contributed by atoms with Crippen molar-refractivity contribution in [3.05, 3.63) is 96.1 Å². The van der Waals surface area contributed by atoms with Gasteiger partial charge in [-0.1, -0.05) is 48.5 Å². The van der Waals surface area contributed by atoms with Crippen LogP contribution in [0.15, 0.2) is 79.1 Å². The third-order valence-electron chi connectivity index (χ3n) is 5.73. The van der Waals surface area contributed by atoms with Gasteiger partial charge in [0, 0.05) is 49.1 Å². The molecule has 4 aromatic rings. The van der Waals surface area contributed by atoms with Crippen LogP contribution in [-0.2, 0) is 0 Å². The quantitative estimate of drug-likeness (QED) is 0.532. The van der Waals surface area contributed by atoms with Gasteiger partial charge < -0.3 is 0 Å². The summed E-state index contributed by atoms with van der Waals surface area (Å²) in [5.74, 6) is -0.266. The topological polar surface area (TPSA) is 58.9 Å². The summed E-state index contributed by atoms with van der Waals surface area (Å²) in [4.78, 5) is 7.12. The fourth-order valence-corrected chi connectivity index (χ4v) is 4.20. The van der Waals surface area contributed by atoms with Gasteiger partial charge in [-0.25, -0.2) is 9.71 Å². The third-order valence-corrected chi connectivity index (χ3v) is 5.73. The summed E-state index contributed by atoms with van der Waals surface area (Å²) >= 11 is 0. The molecule has 1 saturated heterocycles. The Morgan fingerprint density at radius 1 is 0.871 bits per heavy atom. The molecular formula is C25H23FN5. The average Bonchev–Trinajstić information content (AvgIpc) is 3.30. The summed E-state index contributed by atoms with van der Waals surface area (Å²) in [5.41, 5.74) is 5.24. The van der Waals surface area contributed by atoms with Gasteiger partial charge in [-0.2, -0.15) is 5.10 Å². The zero-order chi connectivity index (χ0) is 21.0. The molecule has 0 amide bonds. The van der Waals surface area contributed by atoms with Crippen LogP contribution < -0.4 is 5.32 Å². The molecule has 1 fully saturated rings. The Morgan fingerprint density at radius 2 is 1.65 bits per heavy atom. The van der Waals surface area contributed by atoms with Gasteiger partial charge >= 0.3 is 0 Å². The standard InChI is InChI=1S/C25H23FN5/c26-22-9-5-4-8-20(22)24-21(17-29-30-24)25(31-14-12-27-13-15-31)19-10-11-23(28-16-19)18-6-2-1-3-7-18/h1-11,16-17,25H,12-15H2,(H,29,30). The van der Waals surface area contributed by atoms with Crippen LogP contribution in [0.25, 0.3) is 22.5 Å². The van der Waals surface area contributed by atoms with Gasteiger partial charge in [-0.15, -0.1) is 0 Å². The zero-order valence-electron chi connectivity index (χ0n) is 17.1. The number of pyridine rings is 1. The van der Waals surface area contributed by atoms with Gasteiger partial charge in [0.1, 0.15) is 5.82 Å². The minimum absolute atomic E-state index is 0.0822. The lowest BCUT2D eigenvalue weighted by molar-refractivity contribution is 0.196. The second kappa shape index (κ2) is 8.79. The molecule has 0 saturated carbocycles. The first-order chi connectivity index (χ1) is 15.3. The lowest BCUT2D eigenvalue weighted by atomic mass is 9.95. The molecule has 0 aliphatic carbocycles. The van der Waals surface area contributed by atoms with Gasteiger partial charge in [0.05, 0.1) is 23.6 Å². The van der Waals surface area contributed by atoms with E-state index in [1.54, 1.807) is 12.1 Å². The normalized spacial score (nSPS) is 15.6. The lowest BCUT2D eigenvalue weighted by Crippen LogP contribution is -2.42. The van der Waals surface area contributed by atoms with Crippen LogP contribution >= 0.6 is 0 Å². The van der Waals surface area contributed by atoms with Crippen molar-refractivity contribution in [1.29, 1.82) is 0 Å². The van der Waals surface area contributed by atoms with E-state index in [-0.39, 0.29) is 11.9 Å². The fraction of sp³-hybridized carbons (Fsp3) is 0.200. The Bertz CT molecular complexity index is 1130. The minimum atomic E-state index is -0.266. The maximum absolute atomic E-state index is 14.6. The number of benzene rings is 2. The molecule has 6 heteroatoms. The highest BCUT2D eigenvalue weighted by Gasteiger charge is 2.28. The van der Waals surface area contributed by atoms with E-state index < -0.39 is 0 Å². The van der Waals surface area contributed by atoms with Crippen LogP contribution in [0, 0.1) is 5.82 Å². The van der Waals surface area contributed by atoms with Crippen LogP contribution in [0.5, 0.6) is 0 Å². The largest absolute Gasteiger partial charge is 0.290 e. The number of rotatable bonds is 5. The number of nitrogens with one attached hydrogen (secondary N) is 1. The molecule has 3 heterocycles. The summed E-state index contributed by atoms with van der Waals surface area (Å²) in [7, 11) is 0. The van der Waals surface area contributed by atoms with Crippen molar-refractivity contribution in [3.8, 4) is 22.5 Å². The first-order valence-corrected chi connectivity index (χ1v) is 10.5. The summed E-state index contributed by atoms with van der Waals surface area (Å²) in [6, 6.07) is 21.0. The number of nitrogens with zero attached hydrogens (tertiary/aromatic N) is 4. The van der Waals surface area contributed by atoms with Crippen molar-refractivity contribution in [2.24, 2.45) is 0 Å². The van der Waals surface area contributed by atoms with Gasteiger partial charge in [0.15, 0.2) is 0 Å². The van der Waals surface area contributed by atoms with Crippen LogP contribution in [0.4, 0.5) is 4.39 Å². The number of halogens is 1. The van der Waals surface area contributed by atoms with E-state index in [1.807, 2.05) is 36.7 Å². The molecule has 0 spiro atoms. The highest BCUT2D eigenvalue weighted by Crippen LogP contribution is 2.36.